The molecule has 1 amide bonds. The number of halogens is 2. The molecule has 1 atom stereocenters. The monoisotopic (exact) mass is 490 g/mol. The van der Waals surface area contributed by atoms with Crippen molar-refractivity contribution in [3.8, 4) is 0 Å². The maximum absolute atomic E-state index is 13.0. The molecular weight excluding hydrogens is 463 g/mol. The van der Waals surface area contributed by atoms with Crippen LogP contribution in [0.1, 0.15) is 38.2 Å². The van der Waals surface area contributed by atoms with Crippen LogP contribution in [-0.2, 0) is 30.1 Å². The third-order valence-electron chi connectivity index (χ3n) is 5.89. The van der Waals surface area contributed by atoms with E-state index in [1.54, 1.807) is 30.0 Å². The zero-order chi connectivity index (χ0) is 22.6. The molecule has 1 aromatic rings. The summed E-state index contributed by atoms with van der Waals surface area (Å²) in [7, 11) is -3.59. The fourth-order valence-electron chi connectivity index (χ4n) is 4.18. The second kappa shape index (κ2) is 10.5. The molecule has 2 saturated heterocycles. The summed E-state index contributed by atoms with van der Waals surface area (Å²) in [4.78, 5) is 26.7. The molecule has 2 fully saturated rings. The van der Waals surface area contributed by atoms with E-state index in [0.717, 1.165) is 0 Å². The highest BCUT2D eigenvalue weighted by Crippen LogP contribution is 2.28. The van der Waals surface area contributed by atoms with Crippen LogP contribution in [0.4, 0.5) is 0 Å². The van der Waals surface area contributed by atoms with Gasteiger partial charge in [0.2, 0.25) is 15.9 Å². The van der Waals surface area contributed by atoms with Crippen molar-refractivity contribution in [3.63, 3.8) is 0 Å². The van der Waals surface area contributed by atoms with Crippen molar-refractivity contribution < 1.29 is 22.7 Å². The minimum absolute atomic E-state index is 0.0308. The zero-order valence-electron chi connectivity index (χ0n) is 17.6. The van der Waals surface area contributed by atoms with Crippen LogP contribution in [-0.4, -0.2) is 62.3 Å². The van der Waals surface area contributed by atoms with Crippen LogP contribution in [0.15, 0.2) is 18.2 Å². The minimum Gasteiger partial charge on any atom is -0.466 e. The molecule has 2 aliphatic heterocycles. The van der Waals surface area contributed by atoms with Crippen molar-refractivity contribution in [2.24, 2.45) is 11.8 Å². The molecule has 10 heteroatoms. The van der Waals surface area contributed by atoms with Crippen LogP contribution in [0, 0.1) is 11.8 Å². The van der Waals surface area contributed by atoms with Crippen LogP contribution >= 0.6 is 23.2 Å². The number of carbonyl (C=O) groups is 2. The van der Waals surface area contributed by atoms with Gasteiger partial charge in [0.15, 0.2) is 0 Å². The Morgan fingerprint density at radius 2 is 1.77 bits per heavy atom. The molecular formula is C21H28Cl2N2O5S. The topological polar surface area (TPSA) is 84.0 Å². The molecule has 0 spiro atoms. The van der Waals surface area contributed by atoms with E-state index in [4.69, 9.17) is 27.9 Å². The van der Waals surface area contributed by atoms with Gasteiger partial charge in [-0.2, -0.15) is 0 Å². The quantitative estimate of drug-likeness (QED) is 0.570. The van der Waals surface area contributed by atoms with E-state index < -0.39 is 10.0 Å². The number of esters is 1. The molecule has 3 rings (SSSR count). The van der Waals surface area contributed by atoms with Gasteiger partial charge >= 0.3 is 5.97 Å². The van der Waals surface area contributed by atoms with Gasteiger partial charge in [0.25, 0.3) is 0 Å². The second-order valence-electron chi connectivity index (χ2n) is 8.05. The summed E-state index contributed by atoms with van der Waals surface area (Å²) < 4.78 is 32.4. The number of hydrogen-bond acceptors (Lipinski definition) is 5. The van der Waals surface area contributed by atoms with E-state index in [1.807, 2.05) is 0 Å². The molecule has 0 unspecified atom stereocenters. The molecule has 0 bridgehead atoms. The highest BCUT2D eigenvalue weighted by atomic mass is 35.5. The number of nitrogens with zero attached hydrogens (tertiary/aromatic N) is 2. The number of sulfonamides is 1. The molecule has 2 heterocycles. The highest BCUT2D eigenvalue weighted by Gasteiger charge is 2.36. The van der Waals surface area contributed by atoms with E-state index in [-0.39, 0.29) is 36.0 Å². The number of ether oxygens (including phenoxy) is 1. The van der Waals surface area contributed by atoms with Crippen LogP contribution in [0.3, 0.4) is 0 Å². The molecule has 0 saturated carbocycles. The van der Waals surface area contributed by atoms with Gasteiger partial charge in [0, 0.05) is 26.2 Å². The van der Waals surface area contributed by atoms with Crippen molar-refractivity contribution in [2.75, 3.05) is 32.8 Å². The standard InChI is InChI=1S/C21H28Cl2N2O5S/c1-2-30-21(27)16-7-10-24(11-8-16)20(26)17-4-3-9-25(13-17)31(28,29)14-15-5-6-18(22)19(23)12-15/h5-6,12,16-17H,2-4,7-11,13-14H2,1H3/t17-/m1/s1. The first kappa shape index (κ1) is 24.3. The predicted molar refractivity (Wildman–Crippen MR) is 119 cm³/mol. The van der Waals surface area contributed by atoms with Gasteiger partial charge in [-0.3, -0.25) is 9.59 Å². The van der Waals surface area contributed by atoms with E-state index in [1.165, 1.54) is 4.31 Å². The molecule has 0 radical (unpaired) electrons. The first-order chi connectivity index (χ1) is 14.7. The zero-order valence-corrected chi connectivity index (χ0v) is 19.9. The number of carbonyl (C=O) groups excluding carboxylic acids is 2. The summed E-state index contributed by atoms with van der Waals surface area (Å²) in [5, 5.41) is 0.686. The lowest BCUT2D eigenvalue weighted by molar-refractivity contribution is -0.152. The first-order valence-electron chi connectivity index (χ1n) is 10.6. The summed E-state index contributed by atoms with van der Waals surface area (Å²) in [5.74, 6) is -0.950. The lowest BCUT2D eigenvalue weighted by Gasteiger charge is -2.37. The fraction of sp³-hybridized carbons (Fsp3) is 0.619. The summed E-state index contributed by atoms with van der Waals surface area (Å²) >= 11 is 11.9. The molecule has 0 aromatic heterocycles. The van der Waals surface area contributed by atoms with Gasteiger partial charge in [0.05, 0.1) is 34.2 Å². The number of benzene rings is 1. The van der Waals surface area contributed by atoms with Crippen molar-refractivity contribution in [1.82, 2.24) is 9.21 Å². The van der Waals surface area contributed by atoms with Crippen LogP contribution in [0.5, 0.6) is 0 Å². The minimum atomic E-state index is -3.59. The largest absolute Gasteiger partial charge is 0.466 e. The number of likely N-dealkylation sites (tertiary alicyclic amines) is 1. The molecule has 1 aromatic carbocycles. The Morgan fingerprint density at radius 3 is 2.42 bits per heavy atom. The molecule has 7 nitrogen and oxygen atoms in total. The Kier molecular flexibility index (Phi) is 8.24. The van der Waals surface area contributed by atoms with E-state index in [2.05, 4.69) is 0 Å². The highest BCUT2D eigenvalue weighted by molar-refractivity contribution is 7.88. The van der Waals surface area contributed by atoms with Crippen molar-refractivity contribution in [2.45, 2.75) is 38.4 Å². The summed E-state index contributed by atoms with van der Waals surface area (Å²) in [6.45, 7) is 3.70. The Bertz CT molecular complexity index is 916. The molecule has 31 heavy (non-hydrogen) atoms. The third-order valence-corrected chi connectivity index (χ3v) is 8.44. The van der Waals surface area contributed by atoms with Gasteiger partial charge in [-0.1, -0.05) is 29.3 Å². The molecule has 172 valence electrons. The molecule has 0 aliphatic carbocycles. The average Bonchev–Trinajstić information content (AvgIpc) is 2.76. The average molecular weight is 491 g/mol. The lowest BCUT2D eigenvalue weighted by Crippen LogP contribution is -2.49. The van der Waals surface area contributed by atoms with Crippen molar-refractivity contribution in [1.29, 1.82) is 0 Å². The van der Waals surface area contributed by atoms with E-state index in [0.29, 0.717) is 67.5 Å². The number of hydrogen-bond donors (Lipinski definition) is 0. The van der Waals surface area contributed by atoms with Gasteiger partial charge in [-0.25, -0.2) is 12.7 Å². The van der Waals surface area contributed by atoms with Gasteiger partial charge in [0.1, 0.15) is 0 Å². The number of piperidine rings is 2. The number of rotatable bonds is 6. The number of amides is 1. The maximum atomic E-state index is 13.0. The van der Waals surface area contributed by atoms with Crippen LogP contribution in [0.2, 0.25) is 10.0 Å². The Balaban J connectivity index is 1.59. The maximum Gasteiger partial charge on any atom is 0.309 e. The Labute approximate surface area is 193 Å². The summed E-state index contributed by atoms with van der Waals surface area (Å²) in [5.41, 5.74) is 0.559. The second-order valence-corrected chi connectivity index (χ2v) is 10.8. The molecule has 0 N–H and O–H groups in total. The smallest absolute Gasteiger partial charge is 0.309 e. The lowest BCUT2D eigenvalue weighted by atomic mass is 9.93. The van der Waals surface area contributed by atoms with Crippen LogP contribution in [0.25, 0.3) is 0 Å². The van der Waals surface area contributed by atoms with Crippen molar-refractivity contribution >= 4 is 45.1 Å². The van der Waals surface area contributed by atoms with Gasteiger partial charge < -0.3 is 9.64 Å². The normalized spacial score (nSPS) is 21.1. The van der Waals surface area contributed by atoms with Crippen LogP contribution < -0.4 is 0 Å². The Hall–Kier alpha value is -1.35. The summed E-state index contributed by atoms with van der Waals surface area (Å²) in [6, 6.07) is 4.78. The van der Waals surface area contributed by atoms with E-state index >= 15 is 0 Å². The first-order valence-corrected chi connectivity index (χ1v) is 12.9. The molecule has 2 aliphatic rings. The van der Waals surface area contributed by atoms with Gasteiger partial charge in [-0.05, 0) is 50.3 Å². The van der Waals surface area contributed by atoms with Crippen molar-refractivity contribution in [3.05, 3.63) is 33.8 Å². The Morgan fingerprint density at radius 1 is 1.06 bits per heavy atom. The predicted octanol–water partition coefficient (Wildman–Crippen LogP) is 3.34. The van der Waals surface area contributed by atoms with E-state index in [9.17, 15) is 18.0 Å². The van der Waals surface area contributed by atoms with Gasteiger partial charge in [-0.15, -0.1) is 0 Å². The third kappa shape index (κ3) is 6.12. The summed E-state index contributed by atoms with van der Waals surface area (Å²) in [6.07, 6.45) is 2.46. The SMILES string of the molecule is CCOC(=O)C1CCN(C(=O)[C@@H]2CCCN(S(=O)(=O)Cc3ccc(Cl)c(Cl)c3)C2)CC1. The fourth-order valence-corrected chi connectivity index (χ4v) is 6.10.